The van der Waals surface area contributed by atoms with Gasteiger partial charge in [-0.3, -0.25) is 4.79 Å². The standard InChI is InChI=1S/C18H35NOS/c1-2-3-4-5-6-7-8-9-10-11-16-21-17-15-19-14-12-13-18(19)20/h2-17H2,1H3. The summed E-state index contributed by atoms with van der Waals surface area (Å²) >= 11 is 2.03. The van der Waals surface area contributed by atoms with Gasteiger partial charge in [0.15, 0.2) is 0 Å². The maximum Gasteiger partial charge on any atom is 0.222 e. The van der Waals surface area contributed by atoms with Crippen LogP contribution in [0.1, 0.15) is 84.0 Å². The number of thioether (sulfide) groups is 1. The number of nitrogens with zero attached hydrogens (tertiary/aromatic N) is 1. The van der Waals surface area contributed by atoms with E-state index in [0.717, 1.165) is 31.7 Å². The zero-order chi connectivity index (χ0) is 15.2. The number of likely N-dealkylation sites (tertiary alicyclic amines) is 1. The van der Waals surface area contributed by atoms with Gasteiger partial charge in [0.25, 0.3) is 0 Å². The van der Waals surface area contributed by atoms with Gasteiger partial charge in [-0.05, 0) is 18.6 Å². The molecule has 1 rings (SSSR count). The van der Waals surface area contributed by atoms with Crippen molar-refractivity contribution in [2.75, 3.05) is 24.6 Å². The molecule has 0 aromatic carbocycles. The molecule has 2 nitrogen and oxygen atoms in total. The molecule has 1 aliphatic rings. The van der Waals surface area contributed by atoms with Crippen LogP contribution >= 0.6 is 11.8 Å². The molecule has 1 saturated heterocycles. The van der Waals surface area contributed by atoms with Crippen LogP contribution in [0.15, 0.2) is 0 Å². The highest BCUT2D eigenvalue weighted by Gasteiger charge is 2.18. The molecular formula is C18H35NOS. The van der Waals surface area contributed by atoms with Gasteiger partial charge >= 0.3 is 0 Å². The highest BCUT2D eigenvalue weighted by atomic mass is 32.2. The number of carbonyl (C=O) groups excluding carboxylic acids is 1. The molecule has 0 aromatic heterocycles. The van der Waals surface area contributed by atoms with Gasteiger partial charge in [-0.1, -0.05) is 64.7 Å². The van der Waals surface area contributed by atoms with Crippen LogP contribution in [0.25, 0.3) is 0 Å². The minimum atomic E-state index is 0.370. The fraction of sp³-hybridized carbons (Fsp3) is 0.944. The molecule has 0 saturated carbocycles. The van der Waals surface area contributed by atoms with E-state index in [1.54, 1.807) is 0 Å². The maximum absolute atomic E-state index is 11.4. The van der Waals surface area contributed by atoms with Crippen LogP contribution in [0.2, 0.25) is 0 Å². The van der Waals surface area contributed by atoms with E-state index < -0.39 is 0 Å². The summed E-state index contributed by atoms with van der Waals surface area (Å²) in [4.78, 5) is 13.5. The molecule has 124 valence electrons. The van der Waals surface area contributed by atoms with Gasteiger partial charge in [0.05, 0.1) is 0 Å². The first kappa shape index (κ1) is 18.9. The lowest BCUT2D eigenvalue weighted by Gasteiger charge is -2.14. The summed E-state index contributed by atoms with van der Waals surface area (Å²) in [7, 11) is 0. The van der Waals surface area contributed by atoms with Crippen molar-refractivity contribution in [3.63, 3.8) is 0 Å². The van der Waals surface area contributed by atoms with E-state index in [2.05, 4.69) is 6.92 Å². The molecule has 0 aromatic rings. The molecule has 21 heavy (non-hydrogen) atoms. The highest BCUT2D eigenvalue weighted by molar-refractivity contribution is 7.99. The summed E-state index contributed by atoms with van der Waals surface area (Å²) in [5.74, 6) is 2.77. The number of carbonyl (C=O) groups is 1. The Morgan fingerprint density at radius 1 is 0.905 bits per heavy atom. The molecule has 1 heterocycles. The number of hydrogen-bond acceptors (Lipinski definition) is 2. The normalized spacial score (nSPS) is 15.1. The largest absolute Gasteiger partial charge is 0.342 e. The van der Waals surface area contributed by atoms with E-state index in [4.69, 9.17) is 0 Å². The van der Waals surface area contributed by atoms with Gasteiger partial charge in [-0.2, -0.15) is 11.8 Å². The molecule has 1 amide bonds. The minimum absolute atomic E-state index is 0.370. The number of hydrogen-bond donors (Lipinski definition) is 0. The molecule has 3 heteroatoms. The van der Waals surface area contributed by atoms with Crippen molar-refractivity contribution < 1.29 is 4.79 Å². The quantitative estimate of drug-likeness (QED) is 0.408. The van der Waals surface area contributed by atoms with Crippen LogP contribution in [0.3, 0.4) is 0 Å². The monoisotopic (exact) mass is 313 g/mol. The second-order valence-electron chi connectivity index (χ2n) is 6.28. The Morgan fingerprint density at radius 3 is 2.10 bits per heavy atom. The molecule has 1 fully saturated rings. The smallest absolute Gasteiger partial charge is 0.222 e. The lowest BCUT2D eigenvalue weighted by molar-refractivity contribution is -0.127. The van der Waals surface area contributed by atoms with Crippen LogP contribution in [0.5, 0.6) is 0 Å². The molecule has 0 aliphatic carbocycles. The molecule has 0 spiro atoms. The number of rotatable bonds is 14. The van der Waals surface area contributed by atoms with Gasteiger partial charge in [0, 0.05) is 25.3 Å². The Balaban J connectivity index is 1.72. The SMILES string of the molecule is CCCCCCCCCCCCSCCN1CCCC1=O. The van der Waals surface area contributed by atoms with Crippen molar-refractivity contribution >= 4 is 17.7 Å². The summed E-state index contributed by atoms with van der Waals surface area (Å²) in [6.07, 6.45) is 16.0. The van der Waals surface area contributed by atoms with Crippen molar-refractivity contribution in [1.29, 1.82) is 0 Å². The second kappa shape index (κ2) is 13.5. The van der Waals surface area contributed by atoms with E-state index in [-0.39, 0.29) is 0 Å². The Kier molecular flexibility index (Phi) is 12.1. The number of amides is 1. The third-order valence-corrected chi connectivity index (χ3v) is 5.37. The van der Waals surface area contributed by atoms with Gasteiger partial charge in [-0.25, -0.2) is 0 Å². The van der Waals surface area contributed by atoms with Crippen LogP contribution in [0, 0.1) is 0 Å². The molecule has 0 N–H and O–H groups in total. The lowest BCUT2D eigenvalue weighted by Crippen LogP contribution is -2.26. The lowest BCUT2D eigenvalue weighted by atomic mass is 10.1. The maximum atomic E-state index is 11.4. The summed E-state index contributed by atoms with van der Waals surface area (Å²) in [5.41, 5.74) is 0. The Bertz CT molecular complexity index is 258. The Morgan fingerprint density at radius 2 is 1.52 bits per heavy atom. The summed E-state index contributed by atoms with van der Waals surface area (Å²) in [5, 5.41) is 0. The van der Waals surface area contributed by atoms with Crippen molar-refractivity contribution in [2.24, 2.45) is 0 Å². The van der Waals surface area contributed by atoms with Crippen LogP contribution in [-0.4, -0.2) is 35.4 Å². The third kappa shape index (κ3) is 10.2. The van der Waals surface area contributed by atoms with E-state index in [1.165, 1.54) is 70.0 Å². The predicted octanol–water partition coefficient (Wildman–Crippen LogP) is 5.26. The van der Waals surface area contributed by atoms with Crippen LogP contribution in [-0.2, 0) is 4.79 Å². The molecule has 1 aliphatic heterocycles. The fourth-order valence-corrected chi connectivity index (χ4v) is 3.87. The fourth-order valence-electron chi connectivity index (χ4n) is 2.91. The van der Waals surface area contributed by atoms with Gasteiger partial charge in [0.1, 0.15) is 0 Å². The van der Waals surface area contributed by atoms with Crippen molar-refractivity contribution in [2.45, 2.75) is 84.0 Å². The second-order valence-corrected chi connectivity index (χ2v) is 7.50. The molecule has 0 bridgehead atoms. The van der Waals surface area contributed by atoms with Crippen molar-refractivity contribution in [1.82, 2.24) is 4.90 Å². The first-order valence-corrected chi connectivity index (χ1v) is 10.4. The van der Waals surface area contributed by atoms with Crippen molar-refractivity contribution in [3.05, 3.63) is 0 Å². The molecular weight excluding hydrogens is 278 g/mol. The van der Waals surface area contributed by atoms with Crippen LogP contribution in [0.4, 0.5) is 0 Å². The summed E-state index contributed by atoms with van der Waals surface area (Å²) in [6.45, 7) is 4.25. The zero-order valence-corrected chi connectivity index (χ0v) is 14.9. The minimum Gasteiger partial charge on any atom is -0.342 e. The van der Waals surface area contributed by atoms with E-state index in [9.17, 15) is 4.79 Å². The topological polar surface area (TPSA) is 20.3 Å². The first-order valence-electron chi connectivity index (χ1n) is 9.20. The third-order valence-electron chi connectivity index (χ3n) is 4.32. The Hall–Kier alpha value is -0.180. The summed E-state index contributed by atoms with van der Waals surface area (Å²) in [6, 6.07) is 0. The predicted molar refractivity (Wildman–Crippen MR) is 95.0 cm³/mol. The summed E-state index contributed by atoms with van der Waals surface area (Å²) < 4.78 is 0. The van der Waals surface area contributed by atoms with Gasteiger partial charge in [0.2, 0.25) is 5.91 Å². The number of unbranched alkanes of at least 4 members (excludes halogenated alkanes) is 9. The van der Waals surface area contributed by atoms with Gasteiger partial charge in [-0.15, -0.1) is 0 Å². The first-order chi connectivity index (χ1) is 10.3. The van der Waals surface area contributed by atoms with E-state index in [1.807, 2.05) is 16.7 Å². The average Bonchev–Trinajstić information content (AvgIpc) is 2.89. The van der Waals surface area contributed by atoms with Crippen LogP contribution < -0.4 is 0 Å². The van der Waals surface area contributed by atoms with Crippen molar-refractivity contribution in [3.8, 4) is 0 Å². The highest BCUT2D eigenvalue weighted by Crippen LogP contribution is 2.14. The van der Waals surface area contributed by atoms with E-state index >= 15 is 0 Å². The molecule has 0 atom stereocenters. The molecule has 0 radical (unpaired) electrons. The average molecular weight is 314 g/mol. The van der Waals surface area contributed by atoms with E-state index in [0.29, 0.717) is 5.91 Å². The van der Waals surface area contributed by atoms with Gasteiger partial charge < -0.3 is 4.90 Å². The Labute approximate surface area is 136 Å². The molecule has 0 unspecified atom stereocenters. The zero-order valence-electron chi connectivity index (χ0n) is 14.1.